The van der Waals surface area contributed by atoms with Crippen molar-refractivity contribution in [2.75, 3.05) is 0 Å². The summed E-state index contributed by atoms with van der Waals surface area (Å²) in [6, 6.07) is 25.7. The minimum absolute atomic E-state index is 0.254. The van der Waals surface area contributed by atoms with E-state index >= 15 is 0 Å². The first-order valence-electron chi connectivity index (χ1n) is 12.3. The van der Waals surface area contributed by atoms with Crippen LogP contribution in [0.1, 0.15) is 38.9 Å². The Bertz CT molecular complexity index is 1750. The molecule has 0 unspecified atom stereocenters. The molecule has 0 bridgehead atoms. The van der Waals surface area contributed by atoms with Crippen molar-refractivity contribution in [3.63, 3.8) is 0 Å². The summed E-state index contributed by atoms with van der Waals surface area (Å²) in [5.74, 6) is -0.706. The van der Waals surface area contributed by atoms with Gasteiger partial charge in [0.25, 0.3) is 5.91 Å². The number of nitrogens with zero attached hydrogens (tertiary/aromatic N) is 1. The van der Waals surface area contributed by atoms with Crippen molar-refractivity contribution in [2.45, 2.75) is 13.3 Å². The molecule has 9 heteroatoms. The molecule has 0 radical (unpaired) electrons. The number of aryl methyl sites for hydroxylation is 1. The van der Waals surface area contributed by atoms with Crippen LogP contribution in [0.5, 0.6) is 5.75 Å². The second-order valence-corrected chi connectivity index (χ2v) is 11.0. The number of para-hydroxylation sites is 1. The Kier molecular flexibility index (Phi) is 8.49. The fraction of sp³-hybridized carbons (Fsp3) is 0.0645. The highest BCUT2D eigenvalue weighted by Gasteiger charge is 2.20. The maximum Gasteiger partial charge on any atom is 0.343 e. The van der Waals surface area contributed by atoms with Gasteiger partial charge < -0.3 is 9.72 Å². The Morgan fingerprint density at radius 3 is 2.48 bits per heavy atom. The van der Waals surface area contributed by atoms with Crippen LogP contribution in [0.3, 0.4) is 0 Å². The summed E-state index contributed by atoms with van der Waals surface area (Å²) >= 11 is 12.8. The molecule has 200 valence electrons. The number of carbonyl (C=O) groups excluding carboxylic acids is 2. The van der Waals surface area contributed by atoms with Gasteiger partial charge in [-0.25, -0.2) is 10.2 Å². The van der Waals surface area contributed by atoms with Crippen molar-refractivity contribution in [3.05, 3.63) is 121 Å². The summed E-state index contributed by atoms with van der Waals surface area (Å²) in [4.78, 5) is 29.5. The lowest BCUT2D eigenvalue weighted by Crippen LogP contribution is -2.19. The van der Waals surface area contributed by atoms with Crippen LogP contribution in [0.2, 0.25) is 5.02 Å². The molecule has 0 spiro atoms. The summed E-state index contributed by atoms with van der Waals surface area (Å²) in [7, 11) is 0. The van der Waals surface area contributed by atoms with E-state index in [1.165, 1.54) is 6.21 Å². The molecule has 0 aliphatic rings. The van der Waals surface area contributed by atoms with Gasteiger partial charge in [0.2, 0.25) is 0 Å². The molecule has 2 N–H and O–H groups in total. The number of aromatic amines is 1. The third-order valence-electron chi connectivity index (χ3n) is 6.27. The zero-order chi connectivity index (χ0) is 28.2. The number of esters is 1. The zero-order valence-corrected chi connectivity index (χ0v) is 25.1. The molecule has 0 aliphatic carbocycles. The summed E-state index contributed by atoms with van der Waals surface area (Å²) in [6.45, 7) is 2.08. The zero-order valence-electron chi connectivity index (χ0n) is 21.2. The maximum absolute atomic E-state index is 13.4. The largest absolute Gasteiger partial charge is 0.421 e. The van der Waals surface area contributed by atoms with E-state index in [1.54, 1.807) is 36.4 Å². The summed E-state index contributed by atoms with van der Waals surface area (Å²) in [5.41, 5.74) is 7.61. The molecule has 1 heterocycles. The van der Waals surface area contributed by atoms with Crippen molar-refractivity contribution in [1.29, 1.82) is 0 Å². The van der Waals surface area contributed by atoms with Gasteiger partial charge >= 0.3 is 5.97 Å². The van der Waals surface area contributed by atoms with Gasteiger partial charge in [0, 0.05) is 31.5 Å². The number of hydrogen-bond acceptors (Lipinski definition) is 4. The summed E-state index contributed by atoms with van der Waals surface area (Å²) in [6.07, 6.45) is 2.25. The lowest BCUT2D eigenvalue weighted by atomic mass is 10.00. The van der Waals surface area contributed by atoms with Crippen LogP contribution in [-0.4, -0.2) is 23.1 Å². The standard InChI is InChI=1S/C31H22Br2ClN3O3/c1-2-18-9-6-10-24-26(19-7-4-3-5-8-19)28(36-27(18)24)30(38)37-35-17-21-15-22(32)16-25(33)29(21)40-31(39)20-11-13-23(34)14-12-20/h3-17,36H,2H2,1H3,(H,37,38). The molecule has 0 aliphatic heterocycles. The van der Waals surface area contributed by atoms with E-state index < -0.39 is 11.9 Å². The first-order valence-corrected chi connectivity index (χ1v) is 14.3. The van der Waals surface area contributed by atoms with Gasteiger partial charge in [0.05, 0.1) is 16.3 Å². The number of H-pyrrole nitrogens is 1. The van der Waals surface area contributed by atoms with E-state index in [0.29, 0.717) is 26.3 Å². The van der Waals surface area contributed by atoms with Gasteiger partial charge in [-0.15, -0.1) is 0 Å². The highest BCUT2D eigenvalue weighted by Crippen LogP contribution is 2.35. The Morgan fingerprint density at radius 2 is 1.75 bits per heavy atom. The number of carbonyl (C=O) groups is 2. The van der Waals surface area contributed by atoms with Gasteiger partial charge in [-0.05, 0) is 69.9 Å². The molecule has 0 atom stereocenters. The minimum Gasteiger partial charge on any atom is -0.421 e. The average Bonchev–Trinajstić information content (AvgIpc) is 3.35. The van der Waals surface area contributed by atoms with E-state index in [1.807, 2.05) is 48.5 Å². The second-order valence-electron chi connectivity index (χ2n) is 8.84. The molecule has 0 saturated carbocycles. The summed E-state index contributed by atoms with van der Waals surface area (Å²) < 4.78 is 6.94. The molecule has 4 aromatic carbocycles. The number of benzene rings is 4. The predicted molar refractivity (Wildman–Crippen MR) is 166 cm³/mol. The Labute approximate surface area is 252 Å². The quantitative estimate of drug-likeness (QED) is 0.0783. The van der Waals surface area contributed by atoms with Crippen LogP contribution in [0.15, 0.2) is 99.0 Å². The van der Waals surface area contributed by atoms with E-state index in [2.05, 4.69) is 54.3 Å². The van der Waals surface area contributed by atoms with Crippen LogP contribution in [-0.2, 0) is 6.42 Å². The summed E-state index contributed by atoms with van der Waals surface area (Å²) in [5, 5.41) is 5.68. The number of fused-ring (bicyclic) bond motifs is 1. The van der Waals surface area contributed by atoms with Crippen molar-refractivity contribution in [1.82, 2.24) is 10.4 Å². The lowest BCUT2D eigenvalue weighted by molar-refractivity contribution is 0.0733. The lowest BCUT2D eigenvalue weighted by Gasteiger charge is -2.11. The predicted octanol–water partition coefficient (Wildman–Crippen LogP) is 8.56. The topological polar surface area (TPSA) is 83.5 Å². The third kappa shape index (κ3) is 5.89. The monoisotopic (exact) mass is 677 g/mol. The van der Waals surface area contributed by atoms with Crippen molar-refractivity contribution >= 4 is 72.5 Å². The Morgan fingerprint density at radius 1 is 1.00 bits per heavy atom. The first-order chi connectivity index (χ1) is 19.4. The van der Waals surface area contributed by atoms with Crippen molar-refractivity contribution in [3.8, 4) is 16.9 Å². The molecule has 1 aromatic heterocycles. The Hall–Kier alpha value is -3.72. The molecular formula is C31H22Br2ClN3O3. The van der Waals surface area contributed by atoms with Crippen LogP contribution in [0.25, 0.3) is 22.0 Å². The van der Waals surface area contributed by atoms with Crippen LogP contribution >= 0.6 is 43.5 Å². The number of aromatic nitrogens is 1. The molecular weight excluding hydrogens is 658 g/mol. The van der Waals surface area contributed by atoms with E-state index in [-0.39, 0.29) is 5.75 Å². The van der Waals surface area contributed by atoms with E-state index in [0.717, 1.165) is 38.5 Å². The van der Waals surface area contributed by atoms with Gasteiger partial charge in [0.1, 0.15) is 5.69 Å². The third-order valence-corrected chi connectivity index (χ3v) is 7.57. The SMILES string of the molecule is CCc1cccc2c(-c3ccccc3)c(C(=O)NN=Cc3cc(Br)cc(Br)c3OC(=O)c3ccc(Cl)cc3)[nH]c12. The molecule has 5 rings (SSSR count). The van der Waals surface area contributed by atoms with Crippen molar-refractivity contribution in [2.24, 2.45) is 5.10 Å². The minimum atomic E-state index is -0.560. The second kappa shape index (κ2) is 12.2. The fourth-order valence-corrected chi connectivity index (χ4v) is 5.85. The fourth-order valence-electron chi connectivity index (χ4n) is 4.39. The number of rotatable bonds is 7. The molecule has 5 aromatic rings. The van der Waals surface area contributed by atoms with Gasteiger partial charge in [-0.1, -0.05) is 83.0 Å². The maximum atomic E-state index is 13.4. The highest BCUT2D eigenvalue weighted by molar-refractivity contribution is 9.11. The number of hydrazone groups is 1. The molecule has 6 nitrogen and oxygen atoms in total. The van der Waals surface area contributed by atoms with E-state index in [4.69, 9.17) is 16.3 Å². The number of hydrogen-bond donors (Lipinski definition) is 2. The highest BCUT2D eigenvalue weighted by atomic mass is 79.9. The molecule has 1 amide bonds. The van der Waals surface area contributed by atoms with Crippen LogP contribution in [0.4, 0.5) is 0 Å². The smallest absolute Gasteiger partial charge is 0.343 e. The number of amides is 1. The van der Waals surface area contributed by atoms with Gasteiger partial charge in [-0.3, -0.25) is 4.79 Å². The number of ether oxygens (including phenoxy) is 1. The molecule has 0 saturated heterocycles. The normalized spacial score (nSPS) is 11.2. The number of nitrogens with one attached hydrogen (secondary N) is 2. The molecule has 40 heavy (non-hydrogen) atoms. The van der Waals surface area contributed by atoms with E-state index in [9.17, 15) is 9.59 Å². The van der Waals surface area contributed by atoms with Gasteiger partial charge in [-0.2, -0.15) is 5.10 Å². The van der Waals surface area contributed by atoms with Crippen LogP contribution in [0, 0.1) is 0 Å². The molecule has 0 fully saturated rings. The van der Waals surface area contributed by atoms with Crippen LogP contribution < -0.4 is 10.2 Å². The Balaban J connectivity index is 1.45. The first kappa shape index (κ1) is 27.8. The average molecular weight is 680 g/mol. The number of halogens is 3. The van der Waals surface area contributed by atoms with Gasteiger partial charge in [0.15, 0.2) is 5.75 Å². The van der Waals surface area contributed by atoms with Crippen molar-refractivity contribution < 1.29 is 14.3 Å².